The molecule has 4 rings (SSSR count). The van der Waals surface area contributed by atoms with Crippen molar-refractivity contribution in [1.82, 2.24) is 14.9 Å². The number of benzene rings is 1. The molecule has 2 fully saturated rings. The highest BCUT2D eigenvalue weighted by molar-refractivity contribution is 6.10. The highest BCUT2D eigenvalue weighted by Crippen LogP contribution is 2.46. The molecule has 0 bridgehead atoms. The maximum Gasteiger partial charge on any atom is 0.228 e. The fourth-order valence-corrected chi connectivity index (χ4v) is 5.39. The van der Waals surface area contributed by atoms with Crippen molar-refractivity contribution in [2.45, 2.75) is 58.8 Å². The first-order valence-electron chi connectivity index (χ1n) is 11.2. The van der Waals surface area contributed by atoms with Crippen molar-refractivity contribution >= 4 is 17.5 Å². The second kappa shape index (κ2) is 8.74. The summed E-state index contributed by atoms with van der Waals surface area (Å²) in [5.74, 6) is 5.36. The van der Waals surface area contributed by atoms with Crippen molar-refractivity contribution in [2.24, 2.45) is 5.41 Å². The quantitative estimate of drug-likeness (QED) is 0.597. The number of carbonyl (C=O) groups excluding carboxylic acids is 3. The summed E-state index contributed by atoms with van der Waals surface area (Å²) < 4.78 is 0. The maximum absolute atomic E-state index is 13.3. The Labute approximate surface area is 188 Å². The molecule has 32 heavy (non-hydrogen) atoms. The fourth-order valence-electron chi connectivity index (χ4n) is 5.39. The van der Waals surface area contributed by atoms with Gasteiger partial charge in [-0.3, -0.25) is 14.4 Å². The van der Waals surface area contributed by atoms with E-state index in [4.69, 9.17) is 0 Å². The molecule has 1 saturated heterocycles. The Morgan fingerprint density at radius 3 is 2.31 bits per heavy atom. The van der Waals surface area contributed by atoms with Crippen molar-refractivity contribution in [3.05, 3.63) is 52.6 Å². The molecule has 1 aliphatic carbocycles. The van der Waals surface area contributed by atoms with Crippen LogP contribution in [0.25, 0.3) is 0 Å². The number of ketones is 2. The number of nitrogens with one attached hydrogen (secondary N) is 1. The number of imidazole rings is 1. The monoisotopic (exact) mass is 431 g/mol. The van der Waals surface area contributed by atoms with Gasteiger partial charge in [0.2, 0.25) is 5.91 Å². The van der Waals surface area contributed by atoms with Gasteiger partial charge in [-0.25, -0.2) is 4.98 Å². The van der Waals surface area contributed by atoms with Gasteiger partial charge in [-0.05, 0) is 67.9 Å². The summed E-state index contributed by atoms with van der Waals surface area (Å²) in [5, 5.41) is 0. The third kappa shape index (κ3) is 4.25. The van der Waals surface area contributed by atoms with Gasteiger partial charge >= 0.3 is 0 Å². The standard InChI is InChI=1S/C26H29N3O3/c1-4-5-19-10-17(2)24(18(3)11-19)25-21(30)13-26(14-22(25)31)6-8-29(9-7-26)23(32)12-20-15-27-16-28-20/h10-11,15-16,25H,6-9,12-14H2,1-3H3,(H,27,28). The Hall–Kier alpha value is -3.20. The van der Waals surface area contributed by atoms with Gasteiger partial charge in [0.25, 0.3) is 0 Å². The van der Waals surface area contributed by atoms with E-state index < -0.39 is 5.92 Å². The van der Waals surface area contributed by atoms with Crippen molar-refractivity contribution in [2.75, 3.05) is 13.1 Å². The zero-order chi connectivity index (χ0) is 22.9. The van der Waals surface area contributed by atoms with Crippen LogP contribution in [0.2, 0.25) is 0 Å². The second-order valence-corrected chi connectivity index (χ2v) is 9.25. The Morgan fingerprint density at radius 1 is 1.16 bits per heavy atom. The van der Waals surface area contributed by atoms with E-state index in [0.717, 1.165) is 27.9 Å². The van der Waals surface area contributed by atoms with Crippen LogP contribution in [0.3, 0.4) is 0 Å². The number of H-pyrrole nitrogens is 1. The minimum Gasteiger partial charge on any atom is -0.348 e. The van der Waals surface area contributed by atoms with Crippen LogP contribution < -0.4 is 0 Å². The highest BCUT2D eigenvalue weighted by atomic mass is 16.2. The molecule has 0 radical (unpaired) electrons. The molecule has 6 heteroatoms. The van der Waals surface area contributed by atoms with Gasteiger partial charge in [-0.1, -0.05) is 5.92 Å². The van der Waals surface area contributed by atoms with Gasteiger partial charge in [0.05, 0.1) is 12.7 Å². The minimum atomic E-state index is -0.677. The molecule has 1 saturated carbocycles. The molecule has 1 aliphatic heterocycles. The SMILES string of the molecule is CC#Cc1cc(C)c(C2C(=O)CC3(CCN(C(=O)Cc4cnc[nH]4)CC3)CC2=O)c(C)c1. The molecule has 0 unspecified atom stereocenters. The van der Waals surface area contributed by atoms with E-state index in [2.05, 4.69) is 21.8 Å². The van der Waals surface area contributed by atoms with Gasteiger partial charge in [-0.2, -0.15) is 0 Å². The number of Topliss-reactive ketones (excluding diaryl/α,β-unsaturated/α-hetero) is 2. The van der Waals surface area contributed by atoms with Crippen LogP contribution in [-0.4, -0.2) is 45.4 Å². The van der Waals surface area contributed by atoms with Crippen LogP contribution in [0.15, 0.2) is 24.7 Å². The molecule has 1 N–H and O–H groups in total. The number of nitrogens with zero attached hydrogens (tertiary/aromatic N) is 2. The molecule has 2 heterocycles. The molecule has 1 aromatic heterocycles. The topological polar surface area (TPSA) is 83.1 Å². The van der Waals surface area contributed by atoms with Crippen LogP contribution in [-0.2, 0) is 20.8 Å². The highest BCUT2D eigenvalue weighted by Gasteiger charge is 2.47. The predicted molar refractivity (Wildman–Crippen MR) is 121 cm³/mol. The Balaban J connectivity index is 1.46. The summed E-state index contributed by atoms with van der Waals surface area (Å²) in [7, 11) is 0. The van der Waals surface area contributed by atoms with E-state index in [1.165, 1.54) is 0 Å². The number of aromatic amines is 1. The first-order chi connectivity index (χ1) is 15.3. The van der Waals surface area contributed by atoms with Gasteiger partial charge in [-0.15, -0.1) is 5.92 Å². The zero-order valence-electron chi connectivity index (χ0n) is 19.0. The van der Waals surface area contributed by atoms with E-state index in [0.29, 0.717) is 45.2 Å². The van der Waals surface area contributed by atoms with E-state index in [1.54, 1.807) is 19.4 Å². The minimum absolute atomic E-state index is 0.0130. The lowest BCUT2D eigenvalue weighted by Gasteiger charge is -2.44. The molecule has 2 aliphatic rings. The average molecular weight is 432 g/mol. The molecule has 0 atom stereocenters. The largest absolute Gasteiger partial charge is 0.348 e. The van der Waals surface area contributed by atoms with Crippen LogP contribution in [0.5, 0.6) is 0 Å². The zero-order valence-corrected chi connectivity index (χ0v) is 19.0. The van der Waals surface area contributed by atoms with Crippen LogP contribution in [0.4, 0.5) is 0 Å². The van der Waals surface area contributed by atoms with Crippen molar-refractivity contribution in [3.8, 4) is 11.8 Å². The maximum atomic E-state index is 13.3. The van der Waals surface area contributed by atoms with Gasteiger partial charge in [0.15, 0.2) is 0 Å². The summed E-state index contributed by atoms with van der Waals surface area (Å²) >= 11 is 0. The van der Waals surface area contributed by atoms with E-state index in [-0.39, 0.29) is 22.9 Å². The van der Waals surface area contributed by atoms with E-state index in [1.807, 2.05) is 30.9 Å². The van der Waals surface area contributed by atoms with Crippen molar-refractivity contribution in [1.29, 1.82) is 0 Å². The number of piperidine rings is 1. The number of amides is 1. The van der Waals surface area contributed by atoms with Crippen molar-refractivity contribution < 1.29 is 14.4 Å². The van der Waals surface area contributed by atoms with Gasteiger partial charge in [0, 0.05) is 43.4 Å². The number of likely N-dealkylation sites (tertiary alicyclic amines) is 1. The molecule has 1 aromatic carbocycles. The second-order valence-electron chi connectivity index (χ2n) is 9.25. The van der Waals surface area contributed by atoms with Crippen LogP contribution >= 0.6 is 0 Å². The fraction of sp³-hybridized carbons (Fsp3) is 0.462. The summed E-state index contributed by atoms with van der Waals surface area (Å²) in [6.45, 7) is 6.87. The molecular weight excluding hydrogens is 402 g/mol. The van der Waals surface area contributed by atoms with Gasteiger partial charge in [0.1, 0.15) is 17.5 Å². The van der Waals surface area contributed by atoms with Gasteiger partial charge < -0.3 is 9.88 Å². The van der Waals surface area contributed by atoms with Crippen molar-refractivity contribution in [3.63, 3.8) is 0 Å². The Kier molecular flexibility index (Phi) is 6.01. The van der Waals surface area contributed by atoms with E-state index >= 15 is 0 Å². The lowest BCUT2D eigenvalue weighted by molar-refractivity contribution is -0.140. The number of carbonyl (C=O) groups is 3. The molecule has 6 nitrogen and oxygen atoms in total. The van der Waals surface area contributed by atoms with Crippen LogP contribution in [0.1, 0.15) is 66.5 Å². The number of aromatic nitrogens is 2. The number of hydrogen-bond donors (Lipinski definition) is 1. The normalized spacial score (nSPS) is 18.5. The first-order valence-corrected chi connectivity index (χ1v) is 11.2. The predicted octanol–water partition coefficient (Wildman–Crippen LogP) is 3.27. The Morgan fingerprint density at radius 2 is 1.78 bits per heavy atom. The number of aryl methyl sites for hydroxylation is 2. The summed E-state index contributed by atoms with van der Waals surface area (Å²) in [4.78, 5) is 47.9. The number of hydrogen-bond acceptors (Lipinski definition) is 4. The molecular formula is C26H29N3O3. The third-order valence-corrected chi connectivity index (χ3v) is 6.97. The lowest BCUT2D eigenvalue weighted by atomic mass is 9.62. The molecule has 1 spiro atoms. The first kappa shape index (κ1) is 22.0. The molecule has 2 aromatic rings. The lowest BCUT2D eigenvalue weighted by Crippen LogP contribution is -2.48. The summed E-state index contributed by atoms with van der Waals surface area (Å²) in [5.41, 5.74) is 4.14. The van der Waals surface area contributed by atoms with E-state index in [9.17, 15) is 14.4 Å². The third-order valence-electron chi connectivity index (χ3n) is 6.97. The molecule has 166 valence electrons. The van der Waals surface area contributed by atoms with Crippen LogP contribution in [0, 0.1) is 31.1 Å². The Bertz CT molecular complexity index is 1070. The smallest absolute Gasteiger partial charge is 0.228 e. The summed E-state index contributed by atoms with van der Waals surface area (Å²) in [6.07, 6.45) is 5.71. The summed E-state index contributed by atoms with van der Waals surface area (Å²) in [6, 6.07) is 3.93. The average Bonchev–Trinajstić information content (AvgIpc) is 3.23. The molecule has 1 amide bonds. The number of rotatable bonds is 3.